The Morgan fingerprint density at radius 3 is 3.00 bits per heavy atom. The predicted molar refractivity (Wildman–Crippen MR) is 58.6 cm³/mol. The smallest absolute Gasteiger partial charge is 0.378 e. The molecule has 0 bridgehead atoms. The molecule has 1 heterocycles. The van der Waals surface area contributed by atoms with E-state index >= 15 is 0 Å². The fourth-order valence-corrected chi connectivity index (χ4v) is 1.49. The zero-order valence-corrected chi connectivity index (χ0v) is 9.06. The standard InChI is InChI=1S/C12H9NO4/c1-2-16-12(15)11-10(14)8-5-7(6-13)3-4-9(8)17-11/h3-5,14H,2H2,1H3. The Bertz CT molecular complexity index is 621. The van der Waals surface area contributed by atoms with Crippen molar-refractivity contribution in [2.45, 2.75) is 6.92 Å². The summed E-state index contributed by atoms with van der Waals surface area (Å²) in [7, 11) is 0. The maximum atomic E-state index is 11.4. The van der Waals surface area contributed by atoms with E-state index < -0.39 is 5.97 Å². The van der Waals surface area contributed by atoms with Crippen molar-refractivity contribution < 1.29 is 19.1 Å². The molecule has 0 radical (unpaired) electrons. The third-order valence-corrected chi connectivity index (χ3v) is 2.25. The van der Waals surface area contributed by atoms with E-state index in [0.29, 0.717) is 16.5 Å². The number of hydrogen-bond acceptors (Lipinski definition) is 5. The fraction of sp³-hybridized carbons (Fsp3) is 0.167. The van der Waals surface area contributed by atoms with Gasteiger partial charge in [0.25, 0.3) is 5.76 Å². The zero-order valence-electron chi connectivity index (χ0n) is 9.06. The second-order valence-electron chi connectivity index (χ2n) is 3.32. The van der Waals surface area contributed by atoms with Gasteiger partial charge in [-0.15, -0.1) is 0 Å². The van der Waals surface area contributed by atoms with Gasteiger partial charge in [-0.05, 0) is 25.1 Å². The third-order valence-electron chi connectivity index (χ3n) is 2.25. The van der Waals surface area contributed by atoms with Crippen LogP contribution in [-0.2, 0) is 4.74 Å². The van der Waals surface area contributed by atoms with Crippen LogP contribution in [0.5, 0.6) is 5.75 Å². The summed E-state index contributed by atoms with van der Waals surface area (Å²) < 4.78 is 9.92. The van der Waals surface area contributed by atoms with Gasteiger partial charge in [0, 0.05) is 0 Å². The van der Waals surface area contributed by atoms with Gasteiger partial charge in [0.05, 0.1) is 23.6 Å². The molecule has 1 aromatic carbocycles. The number of fused-ring (bicyclic) bond motifs is 1. The molecular formula is C12H9NO4. The Balaban J connectivity index is 2.57. The van der Waals surface area contributed by atoms with Crippen molar-refractivity contribution in [1.29, 1.82) is 5.26 Å². The monoisotopic (exact) mass is 231 g/mol. The minimum Gasteiger partial charge on any atom is -0.504 e. The van der Waals surface area contributed by atoms with Crippen molar-refractivity contribution in [3.63, 3.8) is 0 Å². The summed E-state index contributed by atoms with van der Waals surface area (Å²) in [6.45, 7) is 1.85. The molecule has 2 rings (SSSR count). The number of esters is 1. The van der Waals surface area contributed by atoms with E-state index in [-0.39, 0.29) is 18.1 Å². The first-order valence-electron chi connectivity index (χ1n) is 5.00. The number of benzene rings is 1. The average Bonchev–Trinajstić information content (AvgIpc) is 2.67. The van der Waals surface area contributed by atoms with Gasteiger partial charge in [-0.3, -0.25) is 0 Å². The van der Waals surface area contributed by atoms with Crippen molar-refractivity contribution in [1.82, 2.24) is 0 Å². The molecule has 0 aliphatic heterocycles. The normalized spacial score (nSPS) is 10.1. The van der Waals surface area contributed by atoms with Gasteiger partial charge in [-0.1, -0.05) is 0 Å². The van der Waals surface area contributed by atoms with Crippen molar-refractivity contribution in [2.75, 3.05) is 6.61 Å². The van der Waals surface area contributed by atoms with E-state index in [1.54, 1.807) is 13.0 Å². The summed E-state index contributed by atoms with van der Waals surface area (Å²) in [6, 6.07) is 6.46. The summed E-state index contributed by atoms with van der Waals surface area (Å²) in [6.07, 6.45) is 0. The molecule has 0 unspecified atom stereocenters. The number of nitrogens with zero attached hydrogens (tertiary/aromatic N) is 1. The first kappa shape index (κ1) is 11.0. The van der Waals surface area contributed by atoms with E-state index in [4.69, 9.17) is 14.4 Å². The Morgan fingerprint density at radius 1 is 1.59 bits per heavy atom. The van der Waals surface area contributed by atoms with Crippen LogP contribution in [0.2, 0.25) is 0 Å². The largest absolute Gasteiger partial charge is 0.504 e. The quantitative estimate of drug-likeness (QED) is 0.801. The number of carbonyl (C=O) groups excluding carboxylic acids is 1. The van der Waals surface area contributed by atoms with Gasteiger partial charge in [-0.25, -0.2) is 4.79 Å². The molecule has 2 aromatic rings. The molecule has 0 aliphatic rings. The van der Waals surface area contributed by atoms with Crippen LogP contribution in [0, 0.1) is 11.3 Å². The van der Waals surface area contributed by atoms with Crippen LogP contribution in [0.25, 0.3) is 11.0 Å². The van der Waals surface area contributed by atoms with Gasteiger partial charge < -0.3 is 14.3 Å². The highest BCUT2D eigenvalue weighted by Crippen LogP contribution is 2.32. The van der Waals surface area contributed by atoms with Crippen LogP contribution < -0.4 is 0 Å². The van der Waals surface area contributed by atoms with Gasteiger partial charge in [0.2, 0.25) is 0 Å². The van der Waals surface area contributed by atoms with Crippen LogP contribution in [0.1, 0.15) is 23.0 Å². The van der Waals surface area contributed by atoms with Gasteiger partial charge >= 0.3 is 5.97 Å². The number of hydrogen-bond donors (Lipinski definition) is 1. The Morgan fingerprint density at radius 2 is 2.35 bits per heavy atom. The molecule has 0 atom stereocenters. The lowest BCUT2D eigenvalue weighted by molar-refractivity contribution is 0.0488. The Kier molecular flexibility index (Phi) is 2.71. The molecule has 5 heteroatoms. The van der Waals surface area contributed by atoms with E-state index in [9.17, 15) is 9.90 Å². The summed E-state index contributed by atoms with van der Waals surface area (Å²) in [5.74, 6) is -1.26. The SMILES string of the molecule is CCOC(=O)c1oc2ccc(C#N)cc2c1O. The molecule has 0 saturated heterocycles. The van der Waals surface area contributed by atoms with E-state index in [1.807, 2.05) is 6.07 Å². The first-order chi connectivity index (χ1) is 8.17. The number of aromatic hydroxyl groups is 1. The summed E-state index contributed by atoms with van der Waals surface area (Å²) in [4.78, 5) is 11.4. The molecule has 1 aromatic heterocycles. The topological polar surface area (TPSA) is 83.5 Å². The van der Waals surface area contributed by atoms with E-state index in [0.717, 1.165) is 0 Å². The number of ether oxygens (including phenoxy) is 1. The van der Waals surface area contributed by atoms with Crippen LogP contribution in [0.4, 0.5) is 0 Å². The molecule has 0 fully saturated rings. The molecule has 1 N–H and O–H groups in total. The minimum atomic E-state index is -0.722. The lowest BCUT2D eigenvalue weighted by atomic mass is 10.1. The van der Waals surface area contributed by atoms with Crippen LogP contribution in [0.15, 0.2) is 22.6 Å². The Hall–Kier alpha value is -2.48. The van der Waals surface area contributed by atoms with Gasteiger partial charge in [-0.2, -0.15) is 5.26 Å². The predicted octanol–water partition coefficient (Wildman–Crippen LogP) is 2.19. The summed E-state index contributed by atoms with van der Waals surface area (Å²) >= 11 is 0. The fourth-order valence-electron chi connectivity index (χ4n) is 1.49. The highest BCUT2D eigenvalue weighted by atomic mass is 16.5. The number of rotatable bonds is 2. The average molecular weight is 231 g/mol. The maximum absolute atomic E-state index is 11.4. The first-order valence-corrected chi connectivity index (χ1v) is 5.00. The highest BCUT2D eigenvalue weighted by molar-refractivity contribution is 5.98. The van der Waals surface area contributed by atoms with Gasteiger partial charge in [0.1, 0.15) is 5.58 Å². The van der Waals surface area contributed by atoms with E-state index in [1.165, 1.54) is 12.1 Å². The van der Waals surface area contributed by atoms with Crippen molar-refractivity contribution in [2.24, 2.45) is 0 Å². The second kappa shape index (κ2) is 4.18. The highest BCUT2D eigenvalue weighted by Gasteiger charge is 2.21. The maximum Gasteiger partial charge on any atom is 0.378 e. The molecule has 5 nitrogen and oxygen atoms in total. The lowest BCUT2D eigenvalue weighted by Crippen LogP contribution is -2.02. The molecule has 17 heavy (non-hydrogen) atoms. The third kappa shape index (κ3) is 1.81. The number of furan rings is 1. The van der Waals surface area contributed by atoms with Crippen molar-refractivity contribution in [3.8, 4) is 11.8 Å². The summed E-state index contributed by atoms with van der Waals surface area (Å²) in [5, 5.41) is 18.9. The molecule has 0 aliphatic carbocycles. The van der Waals surface area contributed by atoms with Crippen LogP contribution in [-0.4, -0.2) is 17.7 Å². The molecule has 0 saturated carbocycles. The Labute approximate surface area is 96.8 Å². The van der Waals surface area contributed by atoms with Gasteiger partial charge in [0.15, 0.2) is 5.75 Å². The van der Waals surface area contributed by atoms with Crippen LogP contribution >= 0.6 is 0 Å². The van der Waals surface area contributed by atoms with Crippen molar-refractivity contribution in [3.05, 3.63) is 29.5 Å². The minimum absolute atomic E-state index is 0.193. The van der Waals surface area contributed by atoms with E-state index in [2.05, 4.69) is 0 Å². The number of nitriles is 1. The van der Waals surface area contributed by atoms with Crippen LogP contribution in [0.3, 0.4) is 0 Å². The van der Waals surface area contributed by atoms with Crippen molar-refractivity contribution >= 4 is 16.9 Å². The molecule has 86 valence electrons. The molecule has 0 amide bonds. The second-order valence-corrected chi connectivity index (χ2v) is 3.32. The lowest BCUT2D eigenvalue weighted by Gasteiger charge is -1.97. The zero-order chi connectivity index (χ0) is 12.4. The number of carbonyl (C=O) groups is 1. The molecule has 0 spiro atoms. The molecular weight excluding hydrogens is 222 g/mol. The summed E-state index contributed by atoms with van der Waals surface area (Å²) in [5.41, 5.74) is 0.716.